The van der Waals surface area contributed by atoms with Gasteiger partial charge in [0.15, 0.2) is 13.2 Å². The molecule has 29 heavy (non-hydrogen) atoms. The van der Waals surface area contributed by atoms with Crippen LogP contribution in [0.25, 0.3) is 0 Å². The quantitative estimate of drug-likeness (QED) is 0.296. The van der Waals surface area contributed by atoms with Crippen molar-refractivity contribution in [2.75, 3.05) is 19.8 Å². The average molecular weight is 400 g/mol. The Labute approximate surface area is 166 Å². The van der Waals surface area contributed by atoms with Crippen molar-refractivity contribution in [2.45, 2.75) is 13.8 Å². The number of rotatable bonds is 9. The zero-order chi connectivity index (χ0) is 21.4. The minimum atomic E-state index is -0.816. The summed E-state index contributed by atoms with van der Waals surface area (Å²) in [6, 6.07) is 11.2. The fourth-order valence-electron chi connectivity index (χ4n) is 2.34. The van der Waals surface area contributed by atoms with Crippen LogP contribution >= 0.6 is 0 Å². The molecule has 0 aliphatic carbocycles. The van der Waals surface area contributed by atoms with Gasteiger partial charge in [-0.1, -0.05) is 30.3 Å². The molecular weight excluding hydrogens is 380 g/mol. The third-order valence-electron chi connectivity index (χ3n) is 3.97. The van der Waals surface area contributed by atoms with E-state index in [-0.39, 0.29) is 17.9 Å². The van der Waals surface area contributed by atoms with Crippen LogP contribution < -0.4 is 10.1 Å². The normalized spacial score (nSPS) is 10.1. The lowest BCUT2D eigenvalue weighted by Gasteiger charge is -2.09. The lowest BCUT2D eigenvalue weighted by molar-refractivity contribution is -0.385. The molecule has 0 bridgehead atoms. The number of hydrogen-bond donors (Lipinski definition) is 1. The molecule has 0 heterocycles. The van der Waals surface area contributed by atoms with Crippen LogP contribution in [-0.2, 0) is 14.3 Å². The Morgan fingerprint density at radius 1 is 1.03 bits per heavy atom. The number of amides is 1. The number of nitrogens with one attached hydrogen (secondary N) is 1. The van der Waals surface area contributed by atoms with Gasteiger partial charge >= 0.3 is 5.97 Å². The summed E-state index contributed by atoms with van der Waals surface area (Å²) in [6.07, 6.45) is 0. The Kier molecular flexibility index (Phi) is 7.41. The second-order valence-electron chi connectivity index (χ2n) is 6.17. The Hall–Kier alpha value is -3.75. The molecule has 9 heteroatoms. The highest BCUT2D eigenvalue weighted by atomic mass is 16.6. The highest BCUT2D eigenvalue weighted by Crippen LogP contribution is 2.19. The number of hydrogen-bond acceptors (Lipinski definition) is 7. The van der Waals surface area contributed by atoms with Crippen LogP contribution in [0.3, 0.4) is 0 Å². The maximum Gasteiger partial charge on any atom is 0.325 e. The number of benzene rings is 2. The van der Waals surface area contributed by atoms with Gasteiger partial charge in [0.1, 0.15) is 12.3 Å². The zero-order valence-electron chi connectivity index (χ0n) is 16.0. The van der Waals surface area contributed by atoms with E-state index in [1.54, 1.807) is 19.1 Å². The van der Waals surface area contributed by atoms with Crippen molar-refractivity contribution in [3.8, 4) is 5.75 Å². The molecule has 0 saturated heterocycles. The topological polar surface area (TPSA) is 125 Å². The number of aryl methyl sites for hydroxylation is 2. The highest BCUT2D eigenvalue weighted by molar-refractivity contribution is 5.98. The van der Waals surface area contributed by atoms with Gasteiger partial charge in [-0.05, 0) is 25.5 Å². The first-order valence-corrected chi connectivity index (χ1v) is 8.67. The molecule has 0 aliphatic heterocycles. The molecule has 0 unspecified atom stereocenters. The first-order valence-electron chi connectivity index (χ1n) is 8.67. The molecule has 1 N–H and O–H groups in total. The van der Waals surface area contributed by atoms with Gasteiger partial charge in [0.25, 0.3) is 11.6 Å². The molecule has 0 spiro atoms. The van der Waals surface area contributed by atoms with Crippen molar-refractivity contribution in [3.05, 3.63) is 69.3 Å². The van der Waals surface area contributed by atoms with Gasteiger partial charge < -0.3 is 14.8 Å². The van der Waals surface area contributed by atoms with Crippen molar-refractivity contribution in [2.24, 2.45) is 0 Å². The molecule has 0 atom stereocenters. The van der Waals surface area contributed by atoms with E-state index < -0.39 is 35.7 Å². The lowest BCUT2D eigenvalue weighted by Crippen LogP contribution is -2.34. The van der Waals surface area contributed by atoms with Crippen LogP contribution in [-0.4, -0.2) is 42.3 Å². The molecule has 0 fully saturated rings. The molecule has 0 saturated carbocycles. The Balaban J connectivity index is 1.76. The SMILES string of the molecule is Cc1ccccc1OCC(=O)NCC(=O)OCC(=O)c1ccc(C)c([N+](=O)[O-])c1. The maximum atomic E-state index is 12.1. The number of carbonyl (C=O) groups is 3. The van der Waals surface area contributed by atoms with Crippen LogP contribution in [0.4, 0.5) is 5.69 Å². The van der Waals surface area contributed by atoms with Gasteiger partial charge in [-0.15, -0.1) is 0 Å². The minimum absolute atomic E-state index is 0.0609. The van der Waals surface area contributed by atoms with Gasteiger partial charge in [0.2, 0.25) is 5.78 Å². The summed E-state index contributed by atoms with van der Waals surface area (Å²) in [5.41, 5.74) is 1.16. The molecule has 2 aromatic rings. The number of para-hydroxylation sites is 1. The molecule has 1 amide bonds. The van der Waals surface area contributed by atoms with E-state index in [0.717, 1.165) is 11.6 Å². The second-order valence-corrected chi connectivity index (χ2v) is 6.17. The number of carbonyl (C=O) groups excluding carboxylic acids is 3. The van der Waals surface area contributed by atoms with Gasteiger partial charge in [0, 0.05) is 17.2 Å². The van der Waals surface area contributed by atoms with E-state index in [1.807, 2.05) is 19.1 Å². The van der Waals surface area contributed by atoms with E-state index in [4.69, 9.17) is 9.47 Å². The van der Waals surface area contributed by atoms with E-state index in [9.17, 15) is 24.5 Å². The van der Waals surface area contributed by atoms with Gasteiger partial charge in [-0.2, -0.15) is 0 Å². The second kappa shape index (κ2) is 9.98. The third kappa shape index (κ3) is 6.42. The molecule has 9 nitrogen and oxygen atoms in total. The largest absolute Gasteiger partial charge is 0.484 e. The summed E-state index contributed by atoms with van der Waals surface area (Å²) in [6.45, 7) is 2.10. The summed E-state index contributed by atoms with van der Waals surface area (Å²) in [7, 11) is 0. The standard InChI is InChI=1S/C20H20N2O7/c1-13-7-8-15(9-16(13)22(26)27)17(23)11-29-20(25)10-21-19(24)12-28-18-6-4-3-5-14(18)2/h3-9H,10-12H2,1-2H3,(H,21,24). The van der Waals surface area contributed by atoms with Crippen molar-refractivity contribution < 1.29 is 28.8 Å². The highest BCUT2D eigenvalue weighted by Gasteiger charge is 2.16. The number of ether oxygens (including phenoxy) is 2. The van der Waals surface area contributed by atoms with Crippen molar-refractivity contribution in [3.63, 3.8) is 0 Å². The van der Waals surface area contributed by atoms with E-state index in [2.05, 4.69) is 5.32 Å². The fraction of sp³-hybridized carbons (Fsp3) is 0.250. The number of nitro groups is 1. The summed E-state index contributed by atoms with van der Waals surface area (Å²) in [5, 5.41) is 13.3. The first-order chi connectivity index (χ1) is 13.8. The molecule has 0 radical (unpaired) electrons. The summed E-state index contributed by atoms with van der Waals surface area (Å²) in [4.78, 5) is 45.9. The Morgan fingerprint density at radius 3 is 2.45 bits per heavy atom. The summed E-state index contributed by atoms with van der Waals surface area (Å²) in [5.74, 6) is -1.37. The van der Waals surface area contributed by atoms with Crippen LogP contribution in [0.2, 0.25) is 0 Å². The zero-order valence-corrected chi connectivity index (χ0v) is 16.0. The summed E-state index contributed by atoms with van der Waals surface area (Å²) < 4.78 is 10.2. The number of ketones is 1. The fourth-order valence-corrected chi connectivity index (χ4v) is 2.34. The average Bonchev–Trinajstić information content (AvgIpc) is 2.70. The van der Waals surface area contributed by atoms with Crippen molar-refractivity contribution >= 4 is 23.3 Å². The molecule has 0 aliphatic rings. The van der Waals surface area contributed by atoms with E-state index >= 15 is 0 Å². The molecule has 152 valence electrons. The van der Waals surface area contributed by atoms with Crippen molar-refractivity contribution in [1.82, 2.24) is 5.32 Å². The molecule has 0 aromatic heterocycles. The number of Topliss-reactive ketones (excluding diaryl/α,β-unsaturated/α-hetero) is 1. The number of esters is 1. The first kappa shape index (κ1) is 21.5. The number of nitrogens with zero attached hydrogens (tertiary/aromatic N) is 1. The minimum Gasteiger partial charge on any atom is -0.484 e. The predicted octanol–water partition coefficient (Wildman–Crippen LogP) is 2.13. The lowest BCUT2D eigenvalue weighted by atomic mass is 10.1. The van der Waals surface area contributed by atoms with Gasteiger partial charge in [0.05, 0.1) is 4.92 Å². The Morgan fingerprint density at radius 2 is 1.76 bits per heavy atom. The van der Waals surface area contributed by atoms with Gasteiger partial charge in [-0.3, -0.25) is 24.5 Å². The molecular formula is C20H20N2O7. The van der Waals surface area contributed by atoms with Crippen LogP contribution in [0.1, 0.15) is 21.5 Å². The van der Waals surface area contributed by atoms with E-state index in [1.165, 1.54) is 12.1 Å². The van der Waals surface area contributed by atoms with Gasteiger partial charge in [-0.25, -0.2) is 0 Å². The van der Waals surface area contributed by atoms with Crippen LogP contribution in [0.5, 0.6) is 5.75 Å². The van der Waals surface area contributed by atoms with Crippen LogP contribution in [0.15, 0.2) is 42.5 Å². The van der Waals surface area contributed by atoms with E-state index in [0.29, 0.717) is 11.3 Å². The maximum absolute atomic E-state index is 12.1. The third-order valence-corrected chi connectivity index (χ3v) is 3.97. The summed E-state index contributed by atoms with van der Waals surface area (Å²) >= 11 is 0. The number of nitro benzene ring substituents is 1. The Bertz CT molecular complexity index is 940. The predicted molar refractivity (Wildman–Crippen MR) is 103 cm³/mol. The van der Waals surface area contributed by atoms with Crippen molar-refractivity contribution in [1.29, 1.82) is 0 Å². The monoisotopic (exact) mass is 400 g/mol. The van der Waals surface area contributed by atoms with Crippen LogP contribution in [0, 0.1) is 24.0 Å². The smallest absolute Gasteiger partial charge is 0.325 e. The molecule has 2 rings (SSSR count). The molecule has 2 aromatic carbocycles.